The van der Waals surface area contributed by atoms with Gasteiger partial charge < -0.3 is 10.9 Å². The van der Waals surface area contributed by atoms with Crippen LogP contribution in [0.15, 0.2) is 5.16 Å². The second kappa shape index (κ2) is 5.49. The molecule has 0 aliphatic carbocycles. The fourth-order valence-corrected chi connectivity index (χ4v) is 2.57. The Morgan fingerprint density at radius 1 is 1.44 bits per heavy atom. The van der Waals surface area contributed by atoms with E-state index >= 15 is 0 Å². The highest BCUT2D eigenvalue weighted by atomic mass is 32.2. The van der Waals surface area contributed by atoms with Crippen LogP contribution in [0.2, 0.25) is 0 Å². The lowest BCUT2D eigenvalue weighted by Crippen LogP contribution is -2.44. The van der Waals surface area contributed by atoms with Crippen LogP contribution in [-0.4, -0.2) is 41.6 Å². The number of hydrogen-bond donors (Lipinski definition) is 2. The molecule has 7 heteroatoms. The van der Waals surface area contributed by atoms with Crippen LogP contribution in [0.1, 0.15) is 34.1 Å². The van der Waals surface area contributed by atoms with E-state index in [0.29, 0.717) is 6.54 Å². The van der Waals surface area contributed by atoms with Crippen LogP contribution >= 0.6 is 0 Å². The fraction of sp³-hybridized carbons (Fsp3) is 0.889. The molecule has 0 aliphatic rings. The molecule has 16 heavy (non-hydrogen) atoms. The molecule has 6 nitrogen and oxygen atoms in total. The molecule has 3 N–H and O–H groups in total. The van der Waals surface area contributed by atoms with Gasteiger partial charge in [0.05, 0.1) is 4.75 Å². The van der Waals surface area contributed by atoms with E-state index < -0.39 is 14.8 Å². The molecule has 0 saturated carbocycles. The van der Waals surface area contributed by atoms with Crippen molar-refractivity contribution in [1.82, 2.24) is 4.31 Å². The zero-order chi connectivity index (χ0) is 13.0. The Kier molecular flexibility index (Phi) is 5.21. The fourth-order valence-electron chi connectivity index (χ4n) is 1.12. The van der Waals surface area contributed by atoms with E-state index in [1.165, 1.54) is 4.31 Å². The monoisotopic (exact) mass is 251 g/mol. The number of oxime groups is 1. The van der Waals surface area contributed by atoms with E-state index in [1.54, 1.807) is 27.7 Å². The van der Waals surface area contributed by atoms with Crippen molar-refractivity contribution in [1.29, 1.82) is 0 Å². The Bertz CT molecular complexity index is 344. The minimum Gasteiger partial charge on any atom is -0.409 e. The summed E-state index contributed by atoms with van der Waals surface area (Å²) in [6.07, 6.45) is 0.222. The van der Waals surface area contributed by atoms with Crippen molar-refractivity contribution >= 4 is 15.9 Å². The molecule has 0 radical (unpaired) electrons. The third-order valence-electron chi connectivity index (χ3n) is 2.21. The Morgan fingerprint density at radius 2 is 1.94 bits per heavy atom. The molecule has 0 saturated heterocycles. The predicted octanol–water partition coefficient (Wildman–Crippen LogP) is 0.573. The van der Waals surface area contributed by atoms with Gasteiger partial charge in [-0.25, -0.2) is 12.7 Å². The summed E-state index contributed by atoms with van der Waals surface area (Å²) in [6, 6.07) is 0. The van der Waals surface area contributed by atoms with Gasteiger partial charge in [0, 0.05) is 19.5 Å². The first kappa shape index (κ1) is 15.2. The van der Waals surface area contributed by atoms with Gasteiger partial charge in [0.2, 0.25) is 10.0 Å². The van der Waals surface area contributed by atoms with Crippen LogP contribution in [-0.2, 0) is 10.0 Å². The van der Waals surface area contributed by atoms with Gasteiger partial charge in [0.15, 0.2) is 0 Å². The van der Waals surface area contributed by atoms with Gasteiger partial charge in [0.25, 0.3) is 0 Å². The molecule has 0 aromatic carbocycles. The Morgan fingerprint density at radius 3 is 2.25 bits per heavy atom. The maximum absolute atomic E-state index is 12.1. The molecule has 0 spiro atoms. The van der Waals surface area contributed by atoms with Crippen molar-refractivity contribution in [2.75, 3.05) is 13.1 Å². The van der Waals surface area contributed by atoms with Gasteiger partial charge in [0.1, 0.15) is 5.84 Å². The lowest BCUT2D eigenvalue weighted by molar-refractivity contribution is 0.315. The molecule has 0 bridgehead atoms. The summed E-state index contributed by atoms with van der Waals surface area (Å²) in [5, 5.41) is 11.2. The number of rotatable bonds is 5. The minimum atomic E-state index is -3.35. The third kappa shape index (κ3) is 3.64. The van der Waals surface area contributed by atoms with Crippen molar-refractivity contribution in [3.8, 4) is 0 Å². The third-order valence-corrected chi connectivity index (χ3v) is 4.88. The molecule has 0 atom stereocenters. The van der Waals surface area contributed by atoms with Crippen LogP contribution in [0, 0.1) is 0 Å². The molecular formula is C9H21N3O3S. The highest BCUT2D eigenvalue weighted by molar-refractivity contribution is 7.90. The van der Waals surface area contributed by atoms with Gasteiger partial charge in [-0.1, -0.05) is 12.1 Å². The van der Waals surface area contributed by atoms with Crippen LogP contribution in [0.3, 0.4) is 0 Å². The second-order valence-electron chi connectivity index (χ2n) is 4.45. The van der Waals surface area contributed by atoms with E-state index in [2.05, 4.69) is 5.16 Å². The molecule has 0 aliphatic heterocycles. The van der Waals surface area contributed by atoms with Crippen molar-refractivity contribution in [2.24, 2.45) is 10.9 Å². The Balaban J connectivity index is 4.76. The van der Waals surface area contributed by atoms with Crippen LogP contribution in [0.5, 0.6) is 0 Å². The van der Waals surface area contributed by atoms with Gasteiger partial charge in [-0.15, -0.1) is 0 Å². The van der Waals surface area contributed by atoms with E-state index in [0.717, 1.165) is 0 Å². The van der Waals surface area contributed by atoms with E-state index in [-0.39, 0.29) is 18.8 Å². The lowest BCUT2D eigenvalue weighted by atomic mass is 10.3. The van der Waals surface area contributed by atoms with E-state index in [9.17, 15) is 8.42 Å². The normalized spacial score (nSPS) is 14.4. The summed E-state index contributed by atoms with van der Waals surface area (Å²) in [5.74, 6) is 0.0301. The van der Waals surface area contributed by atoms with Crippen LogP contribution < -0.4 is 5.73 Å². The molecular weight excluding hydrogens is 230 g/mol. The van der Waals surface area contributed by atoms with Crippen molar-refractivity contribution in [3.63, 3.8) is 0 Å². The minimum absolute atomic E-state index is 0.0301. The molecule has 0 amide bonds. The highest BCUT2D eigenvalue weighted by Gasteiger charge is 2.34. The number of hydrogen-bond acceptors (Lipinski definition) is 4. The zero-order valence-electron chi connectivity index (χ0n) is 10.3. The number of sulfonamides is 1. The smallest absolute Gasteiger partial charge is 0.219 e. The van der Waals surface area contributed by atoms with E-state index in [4.69, 9.17) is 10.9 Å². The van der Waals surface area contributed by atoms with Gasteiger partial charge in [-0.05, 0) is 20.8 Å². The molecule has 0 rings (SSSR count). The number of nitrogens with zero attached hydrogens (tertiary/aromatic N) is 2. The SMILES string of the molecule is CCN(CCC(N)=NO)S(=O)(=O)C(C)(C)C. The first-order valence-electron chi connectivity index (χ1n) is 5.13. The molecule has 0 fully saturated rings. The van der Waals surface area contributed by atoms with Crippen molar-refractivity contribution in [2.45, 2.75) is 38.9 Å². The summed E-state index contributed by atoms with van der Waals surface area (Å²) >= 11 is 0. The first-order valence-corrected chi connectivity index (χ1v) is 6.57. The molecule has 96 valence electrons. The summed E-state index contributed by atoms with van der Waals surface area (Å²) in [4.78, 5) is 0. The second-order valence-corrected chi connectivity index (χ2v) is 7.14. The lowest BCUT2D eigenvalue weighted by Gasteiger charge is -2.28. The average molecular weight is 251 g/mol. The number of amidine groups is 1. The molecule has 0 aromatic rings. The van der Waals surface area contributed by atoms with Gasteiger partial charge >= 0.3 is 0 Å². The highest BCUT2D eigenvalue weighted by Crippen LogP contribution is 2.19. The standard InChI is InChI=1S/C9H21N3O3S/c1-5-12(7-6-8(10)11-13)16(14,15)9(2,3)4/h13H,5-7H2,1-4H3,(H2,10,11). The topological polar surface area (TPSA) is 96.0 Å². The molecule has 0 unspecified atom stereocenters. The molecule has 0 heterocycles. The quantitative estimate of drug-likeness (QED) is 0.323. The van der Waals surface area contributed by atoms with Gasteiger partial charge in [-0.2, -0.15) is 0 Å². The predicted molar refractivity (Wildman–Crippen MR) is 63.9 cm³/mol. The number of nitrogens with two attached hydrogens (primary N) is 1. The van der Waals surface area contributed by atoms with Crippen molar-refractivity contribution < 1.29 is 13.6 Å². The summed E-state index contributed by atoms with van der Waals surface area (Å²) in [5.41, 5.74) is 5.31. The Hall–Kier alpha value is -0.820. The largest absolute Gasteiger partial charge is 0.409 e. The summed E-state index contributed by atoms with van der Waals surface area (Å²) in [7, 11) is -3.35. The summed E-state index contributed by atoms with van der Waals surface area (Å²) < 4.78 is 24.6. The maximum Gasteiger partial charge on any atom is 0.219 e. The summed E-state index contributed by atoms with van der Waals surface area (Å²) in [6.45, 7) is 7.30. The Labute approximate surface area is 97.2 Å². The molecule has 0 aromatic heterocycles. The van der Waals surface area contributed by atoms with Gasteiger partial charge in [-0.3, -0.25) is 0 Å². The van der Waals surface area contributed by atoms with Crippen LogP contribution in [0.25, 0.3) is 0 Å². The average Bonchev–Trinajstić information content (AvgIpc) is 2.16. The van der Waals surface area contributed by atoms with Crippen LogP contribution in [0.4, 0.5) is 0 Å². The first-order chi connectivity index (χ1) is 7.16. The zero-order valence-corrected chi connectivity index (χ0v) is 11.1. The van der Waals surface area contributed by atoms with E-state index in [1.807, 2.05) is 0 Å². The van der Waals surface area contributed by atoms with Crippen molar-refractivity contribution in [3.05, 3.63) is 0 Å². The maximum atomic E-state index is 12.1.